The summed E-state index contributed by atoms with van der Waals surface area (Å²) >= 11 is 9.55. The first-order valence-electron chi connectivity index (χ1n) is 6.78. The van der Waals surface area contributed by atoms with Gasteiger partial charge in [0.05, 0.1) is 5.02 Å². The second-order valence-electron chi connectivity index (χ2n) is 5.17. The van der Waals surface area contributed by atoms with Crippen LogP contribution in [0.1, 0.15) is 25.1 Å². The summed E-state index contributed by atoms with van der Waals surface area (Å²) in [5, 5.41) is 3.94. The highest BCUT2D eigenvalue weighted by Crippen LogP contribution is 2.31. The third kappa shape index (κ3) is 4.99. The van der Waals surface area contributed by atoms with Crippen LogP contribution in [0.15, 0.2) is 34.8 Å². The van der Waals surface area contributed by atoms with Crippen LogP contribution in [0.3, 0.4) is 0 Å². The fourth-order valence-electron chi connectivity index (χ4n) is 1.85. The predicted molar refractivity (Wildman–Crippen MR) is 90.2 cm³/mol. The fourth-order valence-corrected chi connectivity index (χ4v) is 2.35. The second kappa shape index (κ2) is 7.25. The van der Waals surface area contributed by atoms with E-state index in [1.165, 1.54) is 0 Å². The molecular formula is C16H18BrClN2O. The average Bonchev–Trinajstić information content (AvgIpc) is 2.40. The first-order valence-corrected chi connectivity index (χ1v) is 7.95. The van der Waals surface area contributed by atoms with Gasteiger partial charge in [-0.25, -0.2) is 4.98 Å². The van der Waals surface area contributed by atoms with Crippen molar-refractivity contribution in [2.45, 2.75) is 33.4 Å². The van der Waals surface area contributed by atoms with Crippen LogP contribution < -0.4 is 10.1 Å². The van der Waals surface area contributed by atoms with Crippen LogP contribution in [0.4, 0.5) is 0 Å². The van der Waals surface area contributed by atoms with Gasteiger partial charge in [-0.1, -0.05) is 41.4 Å². The molecule has 0 radical (unpaired) electrons. The second-order valence-corrected chi connectivity index (χ2v) is 6.49. The number of nitrogens with zero attached hydrogens (tertiary/aromatic N) is 1. The number of ether oxygens (including phenoxy) is 1. The van der Waals surface area contributed by atoms with Gasteiger partial charge < -0.3 is 10.1 Å². The van der Waals surface area contributed by atoms with Gasteiger partial charge in [-0.2, -0.15) is 0 Å². The third-order valence-corrected chi connectivity index (χ3v) is 3.62. The molecule has 0 saturated carbocycles. The van der Waals surface area contributed by atoms with Gasteiger partial charge in [0.25, 0.3) is 0 Å². The lowest BCUT2D eigenvalue weighted by molar-refractivity contribution is 0.460. The molecule has 0 saturated heterocycles. The minimum atomic E-state index is 0.433. The number of hydrogen-bond donors (Lipinski definition) is 1. The molecule has 1 heterocycles. The number of aryl methyl sites for hydroxylation is 1. The van der Waals surface area contributed by atoms with Crippen LogP contribution in [-0.2, 0) is 6.54 Å². The van der Waals surface area contributed by atoms with Crippen molar-refractivity contribution in [3.05, 3.63) is 51.1 Å². The van der Waals surface area contributed by atoms with Crippen LogP contribution >= 0.6 is 27.5 Å². The van der Waals surface area contributed by atoms with E-state index in [2.05, 4.69) is 40.1 Å². The van der Waals surface area contributed by atoms with Crippen LogP contribution in [0.5, 0.6) is 11.6 Å². The molecule has 0 spiro atoms. The van der Waals surface area contributed by atoms with Gasteiger partial charge in [0.2, 0.25) is 5.88 Å². The highest BCUT2D eigenvalue weighted by Gasteiger charge is 2.07. The topological polar surface area (TPSA) is 34.1 Å². The molecule has 3 nitrogen and oxygen atoms in total. The van der Waals surface area contributed by atoms with Crippen molar-refractivity contribution in [3.8, 4) is 11.6 Å². The van der Waals surface area contributed by atoms with E-state index in [4.69, 9.17) is 16.3 Å². The van der Waals surface area contributed by atoms with Gasteiger partial charge in [0.15, 0.2) is 0 Å². The molecule has 0 aliphatic rings. The zero-order chi connectivity index (χ0) is 15.4. The van der Waals surface area contributed by atoms with Gasteiger partial charge >= 0.3 is 0 Å². The van der Waals surface area contributed by atoms with Gasteiger partial charge in [0, 0.05) is 28.8 Å². The largest absolute Gasteiger partial charge is 0.437 e. The van der Waals surface area contributed by atoms with Crippen molar-refractivity contribution < 1.29 is 4.74 Å². The standard InChI is InChI=1S/C16H18BrClN2O/c1-10(2)19-9-12-6-11(3)20-16(7-12)21-15-8-13(17)4-5-14(15)18/h4-8,10,19H,9H2,1-3H3. The van der Waals surface area contributed by atoms with Gasteiger partial charge in [-0.3, -0.25) is 0 Å². The van der Waals surface area contributed by atoms with E-state index in [9.17, 15) is 0 Å². The summed E-state index contributed by atoms with van der Waals surface area (Å²) in [7, 11) is 0. The van der Waals surface area contributed by atoms with Crippen LogP contribution in [-0.4, -0.2) is 11.0 Å². The van der Waals surface area contributed by atoms with Crippen molar-refractivity contribution >= 4 is 27.5 Å². The molecule has 1 aromatic heterocycles. The number of halogens is 2. The highest BCUT2D eigenvalue weighted by molar-refractivity contribution is 9.10. The zero-order valence-electron chi connectivity index (χ0n) is 12.3. The Morgan fingerprint density at radius 1 is 1.29 bits per heavy atom. The Labute approximate surface area is 138 Å². The monoisotopic (exact) mass is 368 g/mol. The smallest absolute Gasteiger partial charge is 0.219 e. The van der Waals surface area contributed by atoms with E-state index >= 15 is 0 Å². The van der Waals surface area contributed by atoms with Crippen molar-refractivity contribution in [2.24, 2.45) is 0 Å². The quantitative estimate of drug-likeness (QED) is 0.796. The number of rotatable bonds is 5. The SMILES string of the molecule is Cc1cc(CNC(C)C)cc(Oc2cc(Br)ccc2Cl)n1. The minimum Gasteiger partial charge on any atom is -0.437 e. The normalized spacial score (nSPS) is 11.0. The Hall–Kier alpha value is -1.10. The Morgan fingerprint density at radius 3 is 2.76 bits per heavy atom. The Balaban J connectivity index is 2.21. The maximum atomic E-state index is 6.14. The Bertz CT molecular complexity index is 632. The van der Waals surface area contributed by atoms with Crippen molar-refractivity contribution in [1.29, 1.82) is 0 Å². The fraction of sp³-hybridized carbons (Fsp3) is 0.312. The summed E-state index contributed by atoms with van der Waals surface area (Å²) in [5.74, 6) is 1.14. The Kier molecular flexibility index (Phi) is 5.62. The first-order chi connectivity index (χ1) is 9.94. The van der Waals surface area contributed by atoms with Gasteiger partial charge in [-0.05, 0) is 36.8 Å². The molecule has 0 bridgehead atoms. The Morgan fingerprint density at radius 2 is 2.05 bits per heavy atom. The summed E-state index contributed by atoms with van der Waals surface area (Å²) in [6.45, 7) is 6.97. The summed E-state index contributed by atoms with van der Waals surface area (Å²) in [6, 6.07) is 9.90. The van der Waals surface area contributed by atoms with Crippen LogP contribution in [0, 0.1) is 6.92 Å². The maximum Gasteiger partial charge on any atom is 0.219 e. The third-order valence-electron chi connectivity index (χ3n) is 2.81. The molecule has 2 rings (SSSR count). The lowest BCUT2D eigenvalue weighted by Crippen LogP contribution is -2.21. The summed E-state index contributed by atoms with van der Waals surface area (Å²) in [4.78, 5) is 4.40. The molecule has 0 amide bonds. The van der Waals surface area contributed by atoms with E-state index in [0.29, 0.717) is 22.7 Å². The van der Waals surface area contributed by atoms with E-state index in [0.717, 1.165) is 22.3 Å². The van der Waals surface area contributed by atoms with Gasteiger partial charge in [-0.15, -0.1) is 0 Å². The number of hydrogen-bond acceptors (Lipinski definition) is 3. The predicted octanol–water partition coefficient (Wildman–Crippen LogP) is 5.10. The molecule has 1 aromatic carbocycles. The van der Waals surface area contributed by atoms with Crippen LogP contribution in [0.25, 0.3) is 0 Å². The maximum absolute atomic E-state index is 6.14. The average molecular weight is 370 g/mol. The van der Waals surface area contributed by atoms with E-state index < -0.39 is 0 Å². The molecule has 2 aromatic rings. The zero-order valence-corrected chi connectivity index (χ0v) is 14.6. The lowest BCUT2D eigenvalue weighted by atomic mass is 10.2. The van der Waals surface area contributed by atoms with E-state index in [-0.39, 0.29) is 0 Å². The minimum absolute atomic E-state index is 0.433. The molecule has 21 heavy (non-hydrogen) atoms. The molecule has 0 aliphatic heterocycles. The first kappa shape index (κ1) is 16.3. The summed E-state index contributed by atoms with van der Waals surface area (Å²) in [6.07, 6.45) is 0. The number of nitrogens with one attached hydrogen (secondary N) is 1. The number of benzene rings is 1. The number of aromatic nitrogens is 1. The van der Waals surface area contributed by atoms with Crippen LogP contribution in [0.2, 0.25) is 5.02 Å². The molecule has 5 heteroatoms. The summed E-state index contributed by atoms with van der Waals surface area (Å²) in [5.41, 5.74) is 2.05. The molecule has 0 aliphatic carbocycles. The summed E-state index contributed by atoms with van der Waals surface area (Å²) < 4.78 is 6.73. The van der Waals surface area contributed by atoms with Crippen molar-refractivity contribution in [2.75, 3.05) is 0 Å². The van der Waals surface area contributed by atoms with Gasteiger partial charge in [0.1, 0.15) is 5.75 Å². The molecule has 112 valence electrons. The molecule has 0 atom stereocenters. The van der Waals surface area contributed by atoms with E-state index in [1.807, 2.05) is 31.2 Å². The molecule has 0 unspecified atom stereocenters. The van der Waals surface area contributed by atoms with Crippen molar-refractivity contribution in [1.82, 2.24) is 10.3 Å². The number of pyridine rings is 1. The molecule has 1 N–H and O–H groups in total. The van der Waals surface area contributed by atoms with E-state index in [1.54, 1.807) is 6.07 Å². The molecular weight excluding hydrogens is 352 g/mol. The highest BCUT2D eigenvalue weighted by atomic mass is 79.9. The lowest BCUT2D eigenvalue weighted by Gasteiger charge is -2.12. The molecule has 0 fully saturated rings. The van der Waals surface area contributed by atoms with Crippen molar-refractivity contribution in [3.63, 3.8) is 0 Å².